The number of ether oxygens (including phenoxy) is 1. The Kier molecular flexibility index (Phi) is 8.69. The summed E-state index contributed by atoms with van der Waals surface area (Å²) in [5.74, 6) is -1.04. The van der Waals surface area contributed by atoms with Crippen molar-refractivity contribution in [2.24, 2.45) is 0 Å². The lowest BCUT2D eigenvalue weighted by Crippen LogP contribution is -2.49. The number of aliphatic carboxylic acids is 1. The highest BCUT2D eigenvalue weighted by atomic mass is 16.7. The first-order chi connectivity index (χ1) is 18.1. The van der Waals surface area contributed by atoms with Crippen LogP contribution in [-0.4, -0.2) is 64.2 Å². The average Bonchev–Trinajstić information content (AvgIpc) is 2.89. The van der Waals surface area contributed by atoms with Gasteiger partial charge in [-0.3, -0.25) is 19.3 Å². The van der Waals surface area contributed by atoms with Gasteiger partial charge in [-0.2, -0.15) is 5.06 Å². The third-order valence-electron chi connectivity index (χ3n) is 7.31. The molecule has 1 saturated heterocycles. The van der Waals surface area contributed by atoms with E-state index in [-0.39, 0.29) is 36.7 Å². The molecule has 0 saturated carbocycles. The number of nitrogens with zero attached hydrogens (tertiary/aromatic N) is 3. The Bertz CT molecular complexity index is 1140. The molecule has 2 aliphatic rings. The Hall–Kier alpha value is -3.43. The summed E-state index contributed by atoms with van der Waals surface area (Å²) in [6.07, 6.45) is 1.50. The molecule has 2 heterocycles. The van der Waals surface area contributed by atoms with Crippen molar-refractivity contribution >= 4 is 23.7 Å². The standard InChI is InChI=1S/C29H37N3O6/c1-21(33)32(25-10-9-23-18-29(2,3)31(16-13-27(34)35)19-24(23)17-25)38-26-11-14-30(15-12-26)28(36)37-20-22-7-5-4-6-8-22/h4-10,17,26H,11-16,18-20H2,1-3H3,(H,34,35). The molecule has 0 aliphatic carbocycles. The van der Waals surface area contributed by atoms with Crippen LogP contribution in [0.3, 0.4) is 0 Å². The van der Waals surface area contributed by atoms with E-state index < -0.39 is 5.97 Å². The number of carbonyl (C=O) groups is 3. The fourth-order valence-electron chi connectivity index (χ4n) is 5.09. The number of rotatable bonds is 8. The minimum absolute atomic E-state index is 0.0830. The topological polar surface area (TPSA) is 99.6 Å². The van der Waals surface area contributed by atoms with Crippen LogP contribution in [0.4, 0.5) is 10.5 Å². The number of carbonyl (C=O) groups excluding carboxylic acids is 2. The molecule has 0 radical (unpaired) electrons. The van der Waals surface area contributed by atoms with Crippen LogP contribution < -0.4 is 5.06 Å². The van der Waals surface area contributed by atoms with Gasteiger partial charge in [-0.1, -0.05) is 36.4 Å². The van der Waals surface area contributed by atoms with E-state index in [9.17, 15) is 14.4 Å². The number of piperidine rings is 1. The molecule has 0 aromatic heterocycles. The Morgan fingerprint density at radius 2 is 1.76 bits per heavy atom. The molecule has 204 valence electrons. The van der Waals surface area contributed by atoms with Crippen molar-refractivity contribution < 1.29 is 29.1 Å². The van der Waals surface area contributed by atoms with Crippen LogP contribution >= 0.6 is 0 Å². The number of benzene rings is 2. The lowest BCUT2D eigenvalue weighted by molar-refractivity contribution is -0.137. The number of amides is 2. The van der Waals surface area contributed by atoms with Crippen LogP contribution in [-0.2, 0) is 38.7 Å². The lowest BCUT2D eigenvalue weighted by Gasteiger charge is -2.43. The van der Waals surface area contributed by atoms with Gasteiger partial charge in [0.05, 0.1) is 18.2 Å². The van der Waals surface area contributed by atoms with Gasteiger partial charge >= 0.3 is 12.1 Å². The van der Waals surface area contributed by atoms with Crippen molar-refractivity contribution in [2.45, 2.75) is 71.2 Å². The predicted molar refractivity (Wildman–Crippen MR) is 142 cm³/mol. The van der Waals surface area contributed by atoms with Crippen molar-refractivity contribution in [3.8, 4) is 0 Å². The highest BCUT2D eigenvalue weighted by Crippen LogP contribution is 2.33. The van der Waals surface area contributed by atoms with E-state index in [1.807, 2.05) is 48.5 Å². The molecule has 0 bridgehead atoms. The molecule has 0 spiro atoms. The molecule has 9 heteroatoms. The third-order valence-corrected chi connectivity index (χ3v) is 7.31. The average molecular weight is 524 g/mol. The van der Waals surface area contributed by atoms with E-state index in [1.165, 1.54) is 17.6 Å². The maximum absolute atomic E-state index is 12.6. The number of hydrogen-bond donors (Lipinski definition) is 1. The second-order valence-electron chi connectivity index (χ2n) is 10.7. The summed E-state index contributed by atoms with van der Waals surface area (Å²) in [6, 6.07) is 15.5. The highest BCUT2D eigenvalue weighted by Gasteiger charge is 2.34. The van der Waals surface area contributed by atoms with Gasteiger partial charge in [-0.05, 0) is 61.9 Å². The van der Waals surface area contributed by atoms with Gasteiger partial charge in [0.2, 0.25) is 5.91 Å². The second kappa shape index (κ2) is 12.0. The minimum Gasteiger partial charge on any atom is -0.481 e. The number of carboxylic acids is 1. The van der Waals surface area contributed by atoms with Gasteiger partial charge in [-0.15, -0.1) is 0 Å². The van der Waals surface area contributed by atoms with E-state index in [0.29, 0.717) is 44.7 Å². The first kappa shape index (κ1) is 27.6. The molecule has 1 N–H and O–H groups in total. The normalized spacial score (nSPS) is 17.5. The molecule has 2 aromatic carbocycles. The number of carboxylic acid groups (broad SMARTS) is 1. The summed E-state index contributed by atoms with van der Waals surface area (Å²) in [4.78, 5) is 46.2. The molecule has 38 heavy (non-hydrogen) atoms. The molecule has 4 rings (SSSR count). The zero-order valence-electron chi connectivity index (χ0n) is 22.4. The van der Waals surface area contributed by atoms with E-state index in [4.69, 9.17) is 14.7 Å². The Labute approximate surface area is 223 Å². The number of hydroxylamine groups is 1. The number of fused-ring (bicyclic) bond motifs is 1. The quantitative estimate of drug-likeness (QED) is 0.513. The van der Waals surface area contributed by atoms with Gasteiger partial charge in [0.25, 0.3) is 0 Å². The first-order valence-electron chi connectivity index (χ1n) is 13.1. The number of hydrogen-bond acceptors (Lipinski definition) is 6. The summed E-state index contributed by atoms with van der Waals surface area (Å²) >= 11 is 0. The van der Waals surface area contributed by atoms with E-state index in [1.54, 1.807) is 4.90 Å². The van der Waals surface area contributed by atoms with Crippen molar-refractivity contribution in [3.05, 3.63) is 65.2 Å². The van der Waals surface area contributed by atoms with Gasteiger partial charge in [-0.25, -0.2) is 4.79 Å². The first-order valence-corrected chi connectivity index (χ1v) is 13.1. The van der Waals surface area contributed by atoms with Gasteiger partial charge in [0.1, 0.15) is 6.61 Å². The SMILES string of the molecule is CC(=O)N(OC1CCN(C(=O)OCc2ccccc2)CC1)c1ccc2c(c1)CN(CCC(=O)O)C(C)(C)C2. The van der Waals surface area contributed by atoms with Crippen molar-refractivity contribution in [3.63, 3.8) is 0 Å². The molecule has 1 fully saturated rings. The lowest BCUT2D eigenvalue weighted by atomic mass is 9.85. The predicted octanol–water partition coefficient (Wildman–Crippen LogP) is 4.38. The molecule has 0 atom stereocenters. The zero-order chi connectivity index (χ0) is 27.3. The Balaban J connectivity index is 1.35. The minimum atomic E-state index is -0.813. The third kappa shape index (κ3) is 6.90. The molecule has 9 nitrogen and oxygen atoms in total. The van der Waals surface area contributed by atoms with E-state index in [0.717, 1.165) is 17.5 Å². The zero-order valence-corrected chi connectivity index (χ0v) is 22.4. The van der Waals surface area contributed by atoms with Gasteiger partial charge in [0.15, 0.2) is 0 Å². The van der Waals surface area contributed by atoms with Crippen molar-refractivity contribution in [1.82, 2.24) is 9.80 Å². The van der Waals surface area contributed by atoms with Gasteiger partial charge < -0.3 is 14.7 Å². The van der Waals surface area contributed by atoms with Crippen LogP contribution in [0.5, 0.6) is 0 Å². The summed E-state index contributed by atoms with van der Waals surface area (Å²) in [6.45, 7) is 8.00. The van der Waals surface area contributed by atoms with E-state index in [2.05, 4.69) is 18.7 Å². The number of likely N-dealkylation sites (tertiary alicyclic amines) is 1. The van der Waals surface area contributed by atoms with Crippen LogP contribution in [0.15, 0.2) is 48.5 Å². The van der Waals surface area contributed by atoms with Crippen LogP contribution in [0.2, 0.25) is 0 Å². The smallest absolute Gasteiger partial charge is 0.410 e. The van der Waals surface area contributed by atoms with E-state index >= 15 is 0 Å². The van der Waals surface area contributed by atoms with Crippen molar-refractivity contribution in [1.29, 1.82) is 0 Å². The molecule has 0 unspecified atom stereocenters. The Morgan fingerprint density at radius 1 is 1.05 bits per heavy atom. The molecular weight excluding hydrogens is 486 g/mol. The largest absolute Gasteiger partial charge is 0.481 e. The Morgan fingerprint density at radius 3 is 2.42 bits per heavy atom. The van der Waals surface area contributed by atoms with Gasteiger partial charge in [0, 0.05) is 38.6 Å². The maximum Gasteiger partial charge on any atom is 0.410 e. The summed E-state index contributed by atoms with van der Waals surface area (Å²) in [5.41, 5.74) is 3.69. The molecule has 2 amide bonds. The summed E-state index contributed by atoms with van der Waals surface area (Å²) in [7, 11) is 0. The summed E-state index contributed by atoms with van der Waals surface area (Å²) < 4.78 is 5.44. The molecular formula is C29H37N3O6. The fraction of sp³-hybridized carbons (Fsp3) is 0.483. The molecule has 2 aliphatic heterocycles. The second-order valence-corrected chi connectivity index (χ2v) is 10.7. The molecule has 2 aromatic rings. The monoisotopic (exact) mass is 523 g/mol. The van der Waals surface area contributed by atoms with Crippen LogP contribution in [0.25, 0.3) is 0 Å². The van der Waals surface area contributed by atoms with Crippen molar-refractivity contribution in [2.75, 3.05) is 24.7 Å². The highest BCUT2D eigenvalue weighted by molar-refractivity contribution is 5.89. The van der Waals surface area contributed by atoms with Crippen LogP contribution in [0.1, 0.15) is 56.7 Å². The maximum atomic E-state index is 12.6. The summed E-state index contributed by atoms with van der Waals surface area (Å²) in [5, 5.41) is 10.5. The van der Waals surface area contributed by atoms with Crippen LogP contribution in [0, 0.1) is 0 Å². The number of anilines is 1. The fourth-order valence-corrected chi connectivity index (χ4v) is 5.09.